The van der Waals surface area contributed by atoms with Gasteiger partial charge in [-0.3, -0.25) is 9.79 Å². The van der Waals surface area contributed by atoms with Crippen LogP contribution >= 0.6 is 0 Å². The van der Waals surface area contributed by atoms with E-state index in [0.717, 1.165) is 37.5 Å². The first-order valence-corrected chi connectivity index (χ1v) is 8.67. The lowest BCUT2D eigenvalue weighted by atomic mass is 9.84. The number of likely N-dealkylation sites (tertiary alicyclic amines) is 1. The van der Waals surface area contributed by atoms with Gasteiger partial charge in [0.1, 0.15) is 5.82 Å². The molecule has 1 N–H and O–H groups in total. The molecule has 0 bridgehead atoms. The number of nitrogens with one attached hydrogen (secondary N) is 1. The number of carbonyl (C=O) groups is 1. The van der Waals surface area contributed by atoms with Gasteiger partial charge < -0.3 is 15.0 Å². The van der Waals surface area contributed by atoms with Gasteiger partial charge in [-0.1, -0.05) is 26.0 Å². The van der Waals surface area contributed by atoms with Crippen LogP contribution in [0.5, 0.6) is 0 Å². The largest absolute Gasteiger partial charge is 0.469 e. The van der Waals surface area contributed by atoms with E-state index in [9.17, 15) is 9.18 Å². The minimum absolute atomic E-state index is 0.0249. The molecule has 1 heterocycles. The molecule has 1 aliphatic heterocycles. The van der Waals surface area contributed by atoms with Gasteiger partial charge in [-0.25, -0.2) is 4.39 Å². The average Bonchev–Trinajstić information content (AvgIpc) is 2.62. The first kappa shape index (κ1) is 19.2. The van der Waals surface area contributed by atoms with Gasteiger partial charge in [0.05, 0.1) is 13.0 Å². The van der Waals surface area contributed by atoms with Crippen LogP contribution in [-0.4, -0.2) is 50.6 Å². The molecule has 0 aliphatic carbocycles. The number of benzene rings is 1. The van der Waals surface area contributed by atoms with E-state index in [4.69, 9.17) is 4.74 Å². The number of hydrogen-bond acceptors (Lipinski definition) is 3. The van der Waals surface area contributed by atoms with Crippen LogP contribution in [0.1, 0.15) is 32.3 Å². The fourth-order valence-electron chi connectivity index (χ4n) is 3.14. The Balaban J connectivity index is 1.93. The summed E-state index contributed by atoms with van der Waals surface area (Å²) in [6, 6.07) is 6.71. The summed E-state index contributed by atoms with van der Waals surface area (Å²) in [4.78, 5) is 18.1. The summed E-state index contributed by atoms with van der Waals surface area (Å²) in [7, 11) is 3.19. The molecule has 0 unspecified atom stereocenters. The van der Waals surface area contributed by atoms with Gasteiger partial charge in [-0.15, -0.1) is 0 Å². The predicted molar refractivity (Wildman–Crippen MR) is 97.1 cm³/mol. The van der Waals surface area contributed by atoms with Crippen molar-refractivity contribution in [3.05, 3.63) is 35.6 Å². The van der Waals surface area contributed by atoms with E-state index in [0.29, 0.717) is 6.54 Å². The number of nitrogens with zero attached hydrogens (tertiary/aromatic N) is 2. The summed E-state index contributed by atoms with van der Waals surface area (Å²) in [5, 5.41) is 3.39. The summed E-state index contributed by atoms with van der Waals surface area (Å²) >= 11 is 0. The molecule has 0 amide bonds. The molecule has 5 nitrogen and oxygen atoms in total. The molecule has 138 valence electrons. The highest BCUT2D eigenvalue weighted by Crippen LogP contribution is 2.23. The molecule has 0 radical (unpaired) electrons. The predicted octanol–water partition coefficient (Wildman–Crippen LogP) is 2.56. The van der Waals surface area contributed by atoms with E-state index in [1.807, 2.05) is 6.07 Å². The average molecular weight is 349 g/mol. The maximum Gasteiger partial charge on any atom is 0.308 e. The second-order valence-electron chi connectivity index (χ2n) is 7.08. The highest BCUT2D eigenvalue weighted by atomic mass is 19.1. The molecule has 1 aromatic rings. The van der Waals surface area contributed by atoms with Crippen molar-refractivity contribution in [2.75, 3.05) is 33.8 Å². The highest BCUT2D eigenvalue weighted by molar-refractivity contribution is 5.80. The van der Waals surface area contributed by atoms with Gasteiger partial charge >= 0.3 is 5.97 Å². The number of carbonyl (C=O) groups excluding carboxylic acids is 1. The standard InChI is InChI=1S/C19H28FN3O2/c1-19(2,15-6-5-7-16(20)12-15)13-22-18(21-3)23-10-8-14(9-11-23)17(24)25-4/h5-7,12,14H,8-11,13H2,1-4H3,(H,21,22). The molecule has 0 saturated carbocycles. The van der Waals surface area contributed by atoms with E-state index in [2.05, 4.69) is 29.1 Å². The Morgan fingerprint density at radius 1 is 1.40 bits per heavy atom. The third kappa shape index (κ3) is 4.94. The Labute approximate surface area is 149 Å². The van der Waals surface area contributed by atoms with Crippen LogP contribution < -0.4 is 5.32 Å². The monoisotopic (exact) mass is 349 g/mol. The minimum Gasteiger partial charge on any atom is -0.469 e. The van der Waals surface area contributed by atoms with Crippen molar-refractivity contribution < 1.29 is 13.9 Å². The van der Waals surface area contributed by atoms with Crippen LogP contribution in [0.2, 0.25) is 0 Å². The van der Waals surface area contributed by atoms with Crippen molar-refractivity contribution in [2.24, 2.45) is 10.9 Å². The number of halogens is 1. The van der Waals surface area contributed by atoms with Crippen molar-refractivity contribution in [3.63, 3.8) is 0 Å². The van der Waals surface area contributed by atoms with Crippen LogP contribution in [0, 0.1) is 11.7 Å². The van der Waals surface area contributed by atoms with Crippen LogP contribution in [0.15, 0.2) is 29.3 Å². The third-order valence-corrected chi connectivity index (χ3v) is 4.84. The lowest BCUT2D eigenvalue weighted by Gasteiger charge is -2.35. The van der Waals surface area contributed by atoms with Gasteiger partial charge in [-0.05, 0) is 30.5 Å². The second kappa shape index (κ2) is 8.32. The van der Waals surface area contributed by atoms with E-state index in [1.54, 1.807) is 19.2 Å². The Morgan fingerprint density at radius 2 is 2.08 bits per heavy atom. The maximum absolute atomic E-state index is 13.5. The number of aliphatic imine (C=N–C) groups is 1. The number of ether oxygens (including phenoxy) is 1. The number of piperidine rings is 1. The summed E-state index contributed by atoms with van der Waals surface area (Å²) in [6.45, 7) is 6.32. The zero-order valence-corrected chi connectivity index (χ0v) is 15.5. The molecule has 1 fully saturated rings. The molecule has 2 rings (SSSR count). The Bertz CT molecular complexity index is 623. The molecular weight excluding hydrogens is 321 g/mol. The van der Waals surface area contributed by atoms with E-state index in [-0.39, 0.29) is 23.1 Å². The molecule has 0 atom stereocenters. The number of esters is 1. The molecular formula is C19H28FN3O2. The van der Waals surface area contributed by atoms with Crippen LogP contribution in [0.4, 0.5) is 4.39 Å². The first-order chi connectivity index (χ1) is 11.9. The number of guanidine groups is 1. The number of methoxy groups -OCH3 is 1. The third-order valence-electron chi connectivity index (χ3n) is 4.84. The highest BCUT2D eigenvalue weighted by Gasteiger charge is 2.28. The fraction of sp³-hybridized carbons (Fsp3) is 0.579. The molecule has 0 aromatic heterocycles. The zero-order chi connectivity index (χ0) is 18.4. The number of hydrogen-bond donors (Lipinski definition) is 1. The topological polar surface area (TPSA) is 53.9 Å². The Hall–Kier alpha value is -2.11. The molecule has 25 heavy (non-hydrogen) atoms. The number of rotatable bonds is 4. The van der Waals surface area contributed by atoms with Crippen molar-refractivity contribution in [2.45, 2.75) is 32.1 Å². The Morgan fingerprint density at radius 3 is 2.64 bits per heavy atom. The summed E-state index contributed by atoms with van der Waals surface area (Å²) < 4.78 is 18.3. The zero-order valence-electron chi connectivity index (χ0n) is 15.5. The smallest absolute Gasteiger partial charge is 0.308 e. The van der Waals surface area contributed by atoms with Crippen molar-refractivity contribution in [1.29, 1.82) is 0 Å². The first-order valence-electron chi connectivity index (χ1n) is 8.67. The molecule has 6 heteroatoms. The van der Waals surface area contributed by atoms with Crippen LogP contribution in [0.3, 0.4) is 0 Å². The van der Waals surface area contributed by atoms with E-state index < -0.39 is 0 Å². The van der Waals surface area contributed by atoms with Crippen molar-refractivity contribution in [3.8, 4) is 0 Å². The quantitative estimate of drug-likeness (QED) is 0.516. The minimum atomic E-state index is -0.234. The lowest BCUT2D eigenvalue weighted by Crippen LogP contribution is -2.49. The van der Waals surface area contributed by atoms with Crippen LogP contribution in [-0.2, 0) is 14.9 Å². The maximum atomic E-state index is 13.5. The molecule has 1 aliphatic rings. The van der Waals surface area contributed by atoms with Gasteiger partial charge in [0.15, 0.2) is 5.96 Å². The molecule has 1 aromatic carbocycles. The fourth-order valence-corrected chi connectivity index (χ4v) is 3.14. The summed E-state index contributed by atoms with van der Waals surface area (Å²) in [5.41, 5.74) is 0.711. The van der Waals surface area contributed by atoms with Gasteiger partial charge in [0.25, 0.3) is 0 Å². The lowest BCUT2D eigenvalue weighted by molar-refractivity contribution is -0.146. The summed E-state index contributed by atoms with van der Waals surface area (Å²) in [6.07, 6.45) is 1.53. The Kier molecular flexibility index (Phi) is 6.39. The molecule has 0 spiro atoms. The van der Waals surface area contributed by atoms with E-state index >= 15 is 0 Å². The normalized spacial score (nSPS) is 16.7. The van der Waals surface area contributed by atoms with Crippen molar-refractivity contribution in [1.82, 2.24) is 10.2 Å². The van der Waals surface area contributed by atoms with Gasteiger partial charge in [0, 0.05) is 32.1 Å². The van der Waals surface area contributed by atoms with Gasteiger partial charge in [-0.2, -0.15) is 0 Å². The van der Waals surface area contributed by atoms with Crippen molar-refractivity contribution >= 4 is 11.9 Å². The second-order valence-corrected chi connectivity index (χ2v) is 7.08. The van der Waals surface area contributed by atoms with Crippen LogP contribution in [0.25, 0.3) is 0 Å². The van der Waals surface area contributed by atoms with Gasteiger partial charge in [0.2, 0.25) is 0 Å². The summed E-state index contributed by atoms with van der Waals surface area (Å²) in [5.74, 6) is 0.436. The van der Waals surface area contributed by atoms with E-state index in [1.165, 1.54) is 13.2 Å². The molecule has 1 saturated heterocycles. The SMILES string of the molecule is CN=C(NCC(C)(C)c1cccc(F)c1)N1CCC(C(=O)OC)CC1.